The lowest BCUT2D eigenvalue weighted by molar-refractivity contribution is -0.112. The molecule has 1 aromatic rings. The lowest BCUT2D eigenvalue weighted by Gasteiger charge is -2.14. The van der Waals surface area contributed by atoms with Gasteiger partial charge in [-0.3, -0.25) is 15.1 Å². The first-order valence-electron chi connectivity index (χ1n) is 6.38. The second kappa shape index (κ2) is 8.48. The van der Waals surface area contributed by atoms with Crippen LogP contribution < -0.4 is 5.48 Å². The number of ketones is 1. The van der Waals surface area contributed by atoms with Gasteiger partial charge in [0, 0.05) is 0 Å². The fourth-order valence-corrected chi connectivity index (χ4v) is 1.49. The summed E-state index contributed by atoms with van der Waals surface area (Å²) in [4.78, 5) is 16.5. The van der Waals surface area contributed by atoms with E-state index in [1.807, 2.05) is 36.4 Å². The summed E-state index contributed by atoms with van der Waals surface area (Å²) >= 11 is 0. The van der Waals surface area contributed by atoms with E-state index in [0.717, 1.165) is 24.9 Å². The van der Waals surface area contributed by atoms with Gasteiger partial charge in [0.1, 0.15) is 6.10 Å². The Morgan fingerprint density at radius 3 is 2.72 bits per heavy atom. The van der Waals surface area contributed by atoms with Crippen molar-refractivity contribution < 1.29 is 9.63 Å². The molecule has 0 aliphatic rings. The lowest BCUT2D eigenvalue weighted by atomic mass is 10.1. The number of carbonyl (C=O) groups excluding carboxylic acids is 1. The molecule has 1 atom stereocenters. The standard InChI is InChI=1S/C15H21NO2/c1-3-4-10-15(12-11-13(2)17)18-16-14-8-6-5-7-9-14/h5-9,11-12,15-16H,3-4,10H2,1-2H3/b12-11+/t15-/m1/s1. The van der Waals surface area contributed by atoms with Crippen molar-refractivity contribution in [3.8, 4) is 0 Å². The Balaban J connectivity index is 2.47. The zero-order valence-corrected chi connectivity index (χ0v) is 11.1. The summed E-state index contributed by atoms with van der Waals surface area (Å²) < 4.78 is 0. The van der Waals surface area contributed by atoms with Crippen molar-refractivity contribution >= 4 is 11.5 Å². The third-order valence-electron chi connectivity index (χ3n) is 2.49. The van der Waals surface area contributed by atoms with Gasteiger partial charge in [-0.25, -0.2) is 0 Å². The molecule has 1 N–H and O–H groups in total. The number of benzene rings is 1. The van der Waals surface area contributed by atoms with Crippen LogP contribution in [0, 0.1) is 0 Å². The van der Waals surface area contributed by atoms with Gasteiger partial charge in [0.15, 0.2) is 5.78 Å². The molecule has 0 amide bonds. The molecule has 1 rings (SSSR count). The third kappa shape index (κ3) is 6.21. The zero-order valence-electron chi connectivity index (χ0n) is 11.1. The molecular weight excluding hydrogens is 226 g/mol. The van der Waals surface area contributed by atoms with E-state index in [4.69, 9.17) is 4.84 Å². The molecule has 3 nitrogen and oxygen atoms in total. The van der Waals surface area contributed by atoms with Gasteiger partial charge in [0.2, 0.25) is 0 Å². The van der Waals surface area contributed by atoms with Gasteiger partial charge in [0.05, 0.1) is 5.69 Å². The topological polar surface area (TPSA) is 38.3 Å². The van der Waals surface area contributed by atoms with Crippen molar-refractivity contribution in [2.24, 2.45) is 0 Å². The van der Waals surface area contributed by atoms with Crippen LogP contribution in [0.3, 0.4) is 0 Å². The van der Waals surface area contributed by atoms with Gasteiger partial charge < -0.3 is 0 Å². The Morgan fingerprint density at radius 1 is 1.39 bits per heavy atom. The first-order valence-corrected chi connectivity index (χ1v) is 6.38. The van der Waals surface area contributed by atoms with Crippen LogP contribution in [0.25, 0.3) is 0 Å². The van der Waals surface area contributed by atoms with E-state index in [2.05, 4.69) is 12.4 Å². The molecule has 18 heavy (non-hydrogen) atoms. The van der Waals surface area contributed by atoms with Crippen molar-refractivity contribution in [3.63, 3.8) is 0 Å². The van der Waals surface area contributed by atoms with E-state index in [-0.39, 0.29) is 11.9 Å². The summed E-state index contributed by atoms with van der Waals surface area (Å²) in [7, 11) is 0. The summed E-state index contributed by atoms with van der Waals surface area (Å²) in [5.74, 6) is 0.0415. The molecule has 0 saturated carbocycles. The molecule has 0 aliphatic carbocycles. The van der Waals surface area contributed by atoms with Gasteiger partial charge in [0.25, 0.3) is 0 Å². The maximum Gasteiger partial charge on any atom is 0.152 e. The number of anilines is 1. The highest BCUT2D eigenvalue weighted by molar-refractivity contribution is 5.87. The molecule has 0 aromatic heterocycles. The van der Waals surface area contributed by atoms with Gasteiger partial charge >= 0.3 is 0 Å². The molecule has 0 radical (unpaired) electrons. The number of rotatable bonds is 8. The first-order chi connectivity index (χ1) is 8.72. The summed E-state index contributed by atoms with van der Waals surface area (Å²) in [5, 5.41) is 0. The van der Waals surface area contributed by atoms with Crippen LogP contribution in [0.5, 0.6) is 0 Å². The van der Waals surface area contributed by atoms with Crippen LogP contribution in [0.2, 0.25) is 0 Å². The molecule has 0 fully saturated rings. The zero-order chi connectivity index (χ0) is 13.2. The van der Waals surface area contributed by atoms with Crippen LogP contribution in [-0.4, -0.2) is 11.9 Å². The quantitative estimate of drug-likeness (QED) is 0.562. The van der Waals surface area contributed by atoms with Gasteiger partial charge in [-0.05, 0) is 37.6 Å². The average Bonchev–Trinajstić information content (AvgIpc) is 2.39. The van der Waals surface area contributed by atoms with Crippen molar-refractivity contribution in [2.45, 2.75) is 39.2 Å². The second-order valence-corrected chi connectivity index (χ2v) is 4.24. The summed E-state index contributed by atoms with van der Waals surface area (Å²) in [5.41, 5.74) is 3.83. The highest BCUT2D eigenvalue weighted by Crippen LogP contribution is 2.10. The summed E-state index contributed by atoms with van der Waals surface area (Å²) in [6, 6.07) is 9.71. The van der Waals surface area contributed by atoms with Crippen LogP contribution in [-0.2, 0) is 9.63 Å². The fraction of sp³-hybridized carbons (Fsp3) is 0.400. The fourth-order valence-electron chi connectivity index (χ4n) is 1.49. The maximum atomic E-state index is 10.9. The number of hydrogen-bond donors (Lipinski definition) is 1. The van der Waals surface area contributed by atoms with E-state index >= 15 is 0 Å². The van der Waals surface area contributed by atoms with Crippen LogP contribution in [0.4, 0.5) is 5.69 Å². The minimum Gasteiger partial charge on any atom is -0.295 e. The van der Waals surface area contributed by atoms with Crippen LogP contribution in [0.1, 0.15) is 33.1 Å². The van der Waals surface area contributed by atoms with Gasteiger partial charge in [-0.2, -0.15) is 0 Å². The van der Waals surface area contributed by atoms with Gasteiger partial charge in [-0.15, -0.1) is 0 Å². The van der Waals surface area contributed by atoms with Crippen LogP contribution in [0.15, 0.2) is 42.5 Å². The number of hydrogen-bond acceptors (Lipinski definition) is 3. The van der Waals surface area contributed by atoms with Gasteiger partial charge in [-0.1, -0.05) is 38.0 Å². The number of allylic oxidation sites excluding steroid dienone is 1. The van der Waals surface area contributed by atoms with E-state index in [9.17, 15) is 4.79 Å². The van der Waals surface area contributed by atoms with E-state index in [0.29, 0.717) is 0 Å². The van der Waals surface area contributed by atoms with Crippen LogP contribution >= 0.6 is 0 Å². The Kier molecular flexibility index (Phi) is 6.81. The molecule has 0 saturated heterocycles. The van der Waals surface area contributed by atoms with E-state index < -0.39 is 0 Å². The highest BCUT2D eigenvalue weighted by Gasteiger charge is 2.05. The average molecular weight is 247 g/mol. The molecule has 1 aromatic carbocycles. The third-order valence-corrected chi connectivity index (χ3v) is 2.49. The first kappa shape index (κ1) is 14.5. The normalized spacial score (nSPS) is 12.6. The lowest BCUT2D eigenvalue weighted by Crippen LogP contribution is -2.15. The molecule has 0 aliphatic heterocycles. The van der Waals surface area contributed by atoms with E-state index in [1.54, 1.807) is 6.08 Å². The van der Waals surface area contributed by atoms with Crippen molar-refractivity contribution in [1.29, 1.82) is 0 Å². The molecular formula is C15H21NO2. The Hall–Kier alpha value is -1.61. The number of carbonyl (C=O) groups is 1. The number of nitrogens with one attached hydrogen (secondary N) is 1. The number of unbranched alkanes of at least 4 members (excludes halogenated alkanes) is 1. The predicted molar refractivity (Wildman–Crippen MR) is 74.3 cm³/mol. The molecule has 0 unspecified atom stereocenters. The molecule has 0 spiro atoms. The minimum atomic E-state index is -0.0749. The Labute approximate surface area is 109 Å². The molecule has 3 heteroatoms. The Morgan fingerprint density at radius 2 is 2.11 bits per heavy atom. The Bertz CT molecular complexity index is 373. The molecule has 0 heterocycles. The van der Waals surface area contributed by atoms with Crippen molar-refractivity contribution in [1.82, 2.24) is 0 Å². The molecule has 98 valence electrons. The summed E-state index contributed by atoms with van der Waals surface area (Å²) in [6.45, 7) is 3.67. The number of para-hydroxylation sites is 1. The summed E-state index contributed by atoms with van der Waals surface area (Å²) in [6.07, 6.45) is 6.39. The highest BCUT2D eigenvalue weighted by atomic mass is 16.7. The monoisotopic (exact) mass is 247 g/mol. The van der Waals surface area contributed by atoms with Crippen molar-refractivity contribution in [3.05, 3.63) is 42.5 Å². The maximum absolute atomic E-state index is 10.9. The van der Waals surface area contributed by atoms with E-state index in [1.165, 1.54) is 6.92 Å². The minimum absolute atomic E-state index is 0.0415. The largest absolute Gasteiger partial charge is 0.295 e. The predicted octanol–water partition coefficient (Wildman–Crippen LogP) is 3.73. The SMILES string of the molecule is CCCC[C@H](/C=C/C(C)=O)ONc1ccccc1. The molecule has 0 bridgehead atoms. The smallest absolute Gasteiger partial charge is 0.152 e. The second-order valence-electron chi connectivity index (χ2n) is 4.24. The van der Waals surface area contributed by atoms with Crippen molar-refractivity contribution in [2.75, 3.05) is 5.48 Å².